The van der Waals surface area contributed by atoms with Gasteiger partial charge < -0.3 is 4.52 Å². The van der Waals surface area contributed by atoms with Crippen LogP contribution < -0.4 is 5.32 Å². The zero-order valence-corrected chi connectivity index (χ0v) is 14.8. The zero-order chi connectivity index (χ0) is 17.3. The molecule has 1 aromatic carbocycles. The molecule has 0 radical (unpaired) electrons. The van der Waals surface area contributed by atoms with Gasteiger partial charge in [0.15, 0.2) is 11.0 Å². The van der Waals surface area contributed by atoms with Crippen molar-refractivity contribution in [1.82, 2.24) is 15.1 Å². The molecule has 124 valence electrons. The molecule has 3 aromatic rings. The zero-order valence-electron chi connectivity index (χ0n) is 14.0. The molecule has 0 spiro atoms. The SMILES string of the molecule is Cc1noc(-c2ccc(C(=O)Nc3nc(C(C)(C)C)cs3)cc2)n1. The Kier molecular flexibility index (Phi) is 4.19. The Morgan fingerprint density at radius 3 is 2.42 bits per heavy atom. The molecular formula is C17H18N4O2S. The maximum atomic E-state index is 12.3. The Morgan fingerprint density at radius 2 is 1.88 bits per heavy atom. The van der Waals surface area contributed by atoms with Crippen molar-refractivity contribution in [3.63, 3.8) is 0 Å². The quantitative estimate of drug-likeness (QED) is 0.776. The van der Waals surface area contributed by atoms with Gasteiger partial charge in [-0.05, 0) is 31.2 Å². The van der Waals surface area contributed by atoms with Gasteiger partial charge in [-0.2, -0.15) is 4.98 Å². The fraction of sp³-hybridized carbons (Fsp3) is 0.294. The third-order valence-corrected chi connectivity index (χ3v) is 4.17. The topological polar surface area (TPSA) is 80.9 Å². The van der Waals surface area contributed by atoms with E-state index in [2.05, 4.69) is 41.2 Å². The minimum Gasteiger partial charge on any atom is -0.334 e. The Bertz CT molecular complexity index is 859. The van der Waals surface area contributed by atoms with Crippen LogP contribution in [0.15, 0.2) is 34.2 Å². The molecule has 6 nitrogen and oxygen atoms in total. The van der Waals surface area contributed by atoms with Crippen molar-refractivity contribution in [3.05, 3.63) is 46.7 Å². The lowest BCUT2D eigenvalue weighted by atomic mass is 9.93. The van der Waals surface area contributed by atoms with Crippen LogP contribution in [0.25, 0.3) is 11.5 Å². The van der Waals surface area contributed by atoms with E-state index in [0.29, 0.717) is 22.4 Å². The van der Waals surface area contributed by atoms with Crippen LogP contribution in [-0.4, -0.2) is 21.0 Å². The summed E-state index contributed by atoms with van der Waals surface area (Å²) < 4.78 is 5.11. The van der Waals surface area contributed by atoms with Crippen LogP contribution in [0.1, 0.15) is 42.6 Å². The van der Waals surface area contributed by atoms with Crippen molar-refractivity contribution in [2.75, 3.05) is 5.32 Å². The highest BCUT2D eigenvalue weighted by Crippen LogP contribution is 2.26. The number of aryl methyl sites for hydroxylation is 1. The number of thiazole rings is 1. The molecule has 0 bridgehead atoms. The minimum absolute atomic E-state index is 0.0384. The average molecular weight is 342 g/mol. The molecule has 1 N–H and O–H groups in total. The summed E-state index contributed by atoms with van der Waals surface area (Å²) in [7, 11) is 0. The smallest absolute Gasteiger partial charge is 0.257 e. The molecule has 0 aliphatic heterocycles. The van der Waals surface area contributed by atoms with E-state index in [1.54, 1.807) is 31.2 Å². The van der Waals surface area contributed by atoms with Crippen molar-refractivity contribution in [2.45, 2.75) is 33.1 Å². The molecule has 3 rings (SSSR count). The van der Waals surface area contributed by atoms with Crippen LogP contribution in [0.5, 0.6) is 0 Å². The summed E-state index contributed by atoms with van der Waals surface area (Å²) >= 11 is 1.43. The first-order valence-electron chi connectivity index (χ1n) is 7.51. The van der Waals surface area contributed by atoms with Crippen LogP contribution in [0.4, 0.5) is 5.13 Å². The summed E-state index contributed by atoms with van der Waals surface area (Å²) in [5.74, 6) is 0.817. The lowest BCUT2D eigenvalue weighted by Gasteiger charge is -2.14. The largest absolute Gasteiger partial charge is 0.334 e. The van der Waals surface area contributed by atoms with Gasteiger partial charge in [-0.25, -0.2) is 4.98 Å². The molecule has 0 fully saturated rings. The molecule has 2 heterocycles. The number of anilines is 1. The molecule has 0 saturated carbocycles. The second-order valence-electron chi connectivity index (χ2n) is 6.47. The van der Waals surface area contributed by atoms with Crippen molar-refractivity contribution in [2.24, 2.45) is 0 Å². The number of hydrogen-bond acceptors (Lipinski definition) is 6. The second-order valence-corrected chi connectivity index (χ2v) is 7.32. The Morgan fingerprint density at radius 1 is 1.17 bits per heavy atom. The highest BCUT2D eigenvalue weighted by atomic mass is 32.1. The summed E-state index contributed by atoms with van der Waals surface area (Å²) in [6.45, 7) is 8.03. The maximum absolute atomic E-state index is 12.3. The fourth-order valence-corrected chi connectivity index (χ4v) is 2.96. The average Bonchev–Trinajstić information content (AvgIpc) is 3.16. The Balaban J connectivity index is 1.72. The van der Waals surface area contributed by atoms with Gasteiger partial charge >= 0.3 is 0 Å². The molecule has 0 atom stereocenters. The highest BCUT2D eigenvalue weighted by molar-refractivity contribution is 7.14. The van der Waals surface area contributed by atoms with Crippen molar-refractivity contribution < 1.29 is 9.32 Å². The maximum Gasteiger partial charge on any atom is 0.257 e. The summed E-state index contributed by atoms with van der Waals surface area (Å²) in [5.41, 5.74) is 2.24. The Labute approximate surface area is 143 Å². The number of benzene rings is 1. The standard InChI is InChI=1S/C17H18N4O2S/c1-10-18-15(23-21-10)12-7-5-11(6-8-12)14(22)20-16-19-13(9-24-16)17(2,3)4/h5-9H,1-4H3,(H,19,20,22). The molecule has 7 heteroatoms. The lowest BCUT2D eigenvalue weighted by Crippen LogP contribution is -2.14. The first-order chi connectivity index (χ1) is 11.3. The minimum atomic E-state index is -0.196. The number of nitrogens with zero attached hydrogens (tertiary/aromatic N) is 3. The van der Waals surface area contributed by atoms with Gasteiger partial charge in [0, 0.05) is 21.9 Å². The van der Waals surface area contributed by atoms with Gasteiger partial charge in [-0.1, -0.05) is 25.9 Å². The lowest BCUT2D eigenvalue weighted by molar-refractivity contribution is 0.102. The van der Waals surface area contributed by atoms with Gasteiger partial charge in [0.1, 0.15) is 0 Å². The second kappa shape index (κ2) is 6.16. The van der Waals surface area contributed by atoms with Crippen molar-refractivity contribution in [1.29, 1.82) is 0 Å². The predicted molar refractivity (Wildman–Crippen MR) is 93.2 cm³/mol. The molecule has 0 aliphatic rings. The highest BCUT2D eigenvalue weighted by Gasteiger charge is 2.18. The molecule has 1 amide bonds. The van der Waals surface area contributed by atoms with Crippen LogP contribution in [0, 0.1) is 6.92 Å². The van der Waals surface area contributed by atoms with Crippen molar-refractivity contribution in [3.8, 4) is 11.5 Å². The number of carbonyl (C=O) groups is 1. The molecule has 0 unspecified atom stereocenters. The molecule has 24 heavy (non-hydrogen) atoms. The molecule has 0 aliphatic carbocycles. The number of carbonyl (C=O) groups excluding carboxylic acids is 1. The van der Waals surface area contributed by atoms with E-state index in [9.17, 15) is 4.79 Å². The first kappa shape index (κ1) is 16.3. The van der Waals surface area contributed by atoms with E-state index in [1.807, 2.05) is 5.38 Å². The Hall–Kier alpha value is -2.54. The number of rotatable bonds is 3. The number of aromatic nitrogens is 3. The number of nitrogens with one attached hydrogen (secondary N) is 1. The summed E-state index contributed by atoms with van der Waals surface area (Å²) in [6.07, 6.45) is 0. The number of hydrogen-bond donors (Lipinski definition) is 1. The van der Waals surface area contributed by atoms with E-state index in [0.717, 1.165) is 11.3 Å². The van der Waals surface area contributed by atoms with Crippen LogP contribution >= 0.6 is 11.3 Å². The van der Waals surface area contributed by atoms with E-state index in [1.165, 1.54) is 11.3 Å². The third kappa shape index (κ3) is 3.51. The van der Waals surface area contributed by atoms with Crippen LogP contribution in [0.3, 0.4) is 0 Å². The predicted octanol–water partition coefficient (Wildman–Crippen LogP) is 4.05. The normalized spacial score (nSPS) is 11.5. The van der Waals surface area contributed by atoms with Crippen LogP contribution in [-0.2, 0) is 5.41 Å². The van der Waals surface area contributed by atoms with Crippen LogP contribution in [0.2, 0.25) is 0 Å². The summed E-state index contributed by atoms with van der Waals surface area (Å²) in [5, 5.41) is 9.15. The molecule has 2 aromatic heterocycles. The van der Waals surface area contributed by atoms with E-state index in [-0.39, 0.29) is 11.3 Å². The van der Waals surface area contributed by atoms with E-state index >= 15 is 0 Å². The third-order valence-electron chi connectivity index (χ3n) is 3.41. The molecular weight excluding hydrogens is 324 g/mol. The fourth-order valence-electron chi connectivity index (χ4n) is 2.02. The first-order valence-corrected chi connectivity index (χ1v) is 8.39. The summed E-state index contributed by atoms with van der Waals surface area (Å²) in [4.78, 5) is 21.0. The van der Waals surface area contributed by atoms with Gasteiger partial charge in [0.2, 0.25) is 0 Å². The van der Waals surface area contributed by atoms with E-state index < -0.39 is 0 Å². The summed E-state index contributed by atoms with van der Waals surface area (Å²) in [6, 6.07) is 7.01. The monoisotopic (exact) mass is 342 g/mol. The van der Waals surface area contributed by atoms with Gasteiger partial charge in [-0.3, -0.25) is 10.1 Å². The van der Waals surface area contributed by atoms with E-state index in [4.69, 9.17) is 4.52 Å². The van der Waals surface area contributed by atoms with Gasteiger partial charge in [0.05, 0.1) is 5.69 Å². The van der Waals surface area contributed by atoms with Crippen molar-refractivity contribution >= 4 is 22.4 Å². The molecule has 0 saturated heterocycles. The van der Waals surface area contributed by atoms with Gasteiger partial charge in [-0.15, -0.1) is 11.3 Å². The van der Waals surface area contributed by atoms with Gasteiger partial charge in [0.25, 0.3) is 11.8 Å². The number of amides is 1.